The van der Waals surface area contributed by atoms with Crippen molar-refractivity contribution in [1.29, 1.82) is 0 Å². The summed E-state index contributed by atoms with van der Waals surface area (Å²) in [4.78, 5) is 13.6. The van der Waals surface area contributed by atoms with Crippen LogP contribution in [0.25, 0.3) is 0 Å². The van der Waals surface area contributed by atoms with E-state index in [1.807, 2.05) is 6.07 Å². The molecule has 0 saturated carbocycles. The third-order valence-corrected chi connectivity index (χ3v) is 3.81. The van der Waals surface area contributed by atoms with Crippen molar-refractivity contribution in [3.8, 4) is 0 Å². The van der Waals surface area contributed by atoms with Gasteiger partial charge in [-0.3, -0.25) is 0 Å². The molecule has 4 heteroatoms. The zero-order chi connectivity index (χ0) is 12.7. The number of anilines is 1. The van der Waals surface area contributed by atoms with Crippen LogP contribution in [0.15, 0.2) is 12.1 Å². The summed E-state index contributed by atoms with van der Waals surface area (Å²) < 4.78 is 0. The first-order valence-electron chi connectivity index (χ1n) is 6.27. The van der Waals surface area contributed by atoms with Crippen LogP contribution in [0, 0.1) is 0 Å². The normalized spacial score (nSPS) is 10.5. The first-order chi connectivity index (χ1) is 8.19. The van der Waals surface area contributed by atoms with Crippen molar-refractivity contribution in [3.63, 3.8) is 0 Å². The van der Waals surface area contributed by atoms with E-state index in [1.54, 1.807) is 6.07 Å². The summed E-state index contributed by atoms with van der Waals surface area (Å²) >= 11 is 1.38. The van der Waals surface area contributed by atoms with E-state index in [1.165, 1.54) is 24.2 Å². The van der Waals surface area contributed by atoms with Gasteiger partial charge in [-0.05, 0) is 25.0 Å². The van der Waals surface area contributed by atoms with Crippen molar-refractivity contribution < 1.29 is 9.90 Å². The molecule has 0 aromatic carbocycles. The highest BCUT2D eigenvalue weighted by Gasteiger charge is 2.11. The van der Waals surface area contributed by atoms with E-state index < -0.39 is 5.97 Å². The van der Waals surface area contributed by atoms with Crippen LogP contribution in [0.5, 0.6) is 0 Å². The van der Waals surface area contributed by atoms with Crippen LogP contribution in [0.1, 0.15) is 49.2 Å². The Morgan fingerprint density at radius 3 is 2.24 bits per heavy atom. The minimum Gasteiger partial charge on any atom is -0.477 e. The lowest BCUT2D eigenvalue weighted by Crippen LogP contribution is -2.24. The highest BCUT2D eigenvalue weighted by atomic mass is 32.1. The molecular formula is C13H21NO2S. The van der Waals surface area contributed by atoms with Crippen LogP contribution in [0.3, 0.4) is 0 Å². The number of unbranched alkanes of at least 4 members (excludes halogenated alkanes) is 2. The molecule has 0 unspecified atom stereocenters. The molecule has 3 nitrogen and oxygen atoms in total. The Morgan fingerprint density at radius 2 is 1.82 bits per heavy atom. The smallest absolute Gasteiger partial charge is 0.345 e. The molecule has 0 aliphatic carbocycles. The fourth-order valence-electron chi connectivity index (χ4n) is 1.64. The highest BCUT2D eigenvalue weighted by molar-refractivity contribution is 7.17. The quantitative estimate of drug-likeness (QED) is 0.767. The van der Waals surface area contributed by atoms with Gasteiger partial charge < -0.3 is 10.0 Å². The van der Waals surface area contributed by atoms with E-state index in [0.717, 1.165) is 30.9 Å². The molecular weight excluding hydrogens is 234 g/mol. The zero-order valence-electron chi connectivity index (χ0n) is 10.6. The van der Waals surface area contributed by atoms with Gasteiger partial charge in [-0.25, -0.2) is 4.79 Å². The third kappa shape index (κ3) is 4.38. The summed E-state index contributed by atoms with van der Waals surface area (Å²) in [6.07, 6.45) is 4.65. The summed E-state index contributed by atoms with van der Waals surface area (Å²) in [5, 5.41) is 10.0. The lowest BCUT2D eigenvalue weighted by atomic mass is 10.2. The Morgan fingerprint density at radius 1 is 1.24 bits per heavy atom. The lowest BCUT2D eigenvalue weighted by molar-refractivity contribution is 0.0702. The number of rotatable bonds is 8. The topological polar surface area (TPSA) is 40.5 Å². The van der Waals surface area contributed by atoms with Gasteiger partial charge in [-0.2, -0.15) is 0 Å². The van der Waals surface area contributed by atoms with Crippen LogP contribution < -0.4 is 4.90 Å². The maximum absolute atomic E-state index is 10.9. The molecule has 0 saturated heterocycles. The Hall–Kier alpha value is -1.03. The molecule has 0 atom stereocenters. The molecule has 1 N–H and O–H groups in total. The summed E-state index contributed by atoms with van der Waals surface area (Å²) in [7, 11) is 0. The second-order valence-electron chi connectivity index (χ2n) is 4.14. The number of hydrogen-bond acceptors (Lipinski definition) is 3. The highest BCUT2D eigenvalue weighted by Crippen LogP contribution is 2.26. The molecule has 1 heterocycles. The minimum absolute atomic E-state index is 0.429. The van der Waals surface area contributed by atoms with Crippen molar-refractivity contribution in [2.75, 3.05) is 18.0 Å². The minimum atomic E-state index is -0.827. The molecule has 0 spiro atoms. The van der Waals surface area contributed by atoms with Gasteiger partial charge in [-0.15, -0.1) is 11.3 Å². The first kappa shape index (κ1) is 14.0. The second kappa shape index (κ2) is 7.33. The fourth-order valence-corrected chi connectivity index (χ4v) is 2.54. The second-order valence-corrected chi connectivity index (χ2v) is 5.20. The maximum atomic E-state index is 10.9. The number of aromatic carboxylic acids is 1. The van der Waals surface area contributed by atoms with Crippen LogP contribution in [-0.4, -0.2) is 24.2 Å². The maximum Gasteiger partial charge on any atom is 0.345 e. The van der Waals surface area contributed by atoms with Crippen molar-refractivity contribution >= 4 is 22.3 Å². The number of hydrogen-bond donors (Lipinski definition) is 1. The van der Waals surface area contributed by atoms with Crippen LogP contribution >= 0.6 is 11.3 Å². The van der Waals surface area contributed by atoms with Crippen molar-refractivity contribution in [3.05, 3.63) is 17.0 Å². The third-order valence-electron chi connectivity index (χ3n) is 2.68. The monoisotopic (exact) mass is 255 g/mol. The predicted octanol–water partition coefficient (Wildman–Crippen LogP) is 3.85. The van der Waals surface area contributed by atoms with Crippen molar-refractivity contribution in [2.45, 2.75) is 39.5 Å². The van der Waals surface area contributed by atoms with Gasteiger partial charge in [0.1, 0.15) is 4.88 Å². The van der Waals surface area contributed by atoms with Crippen LogP contribution in [0.4, 0.5) is 5.00 Å². The van der Waals surface area contributed by atoms with Gasteiger partial charge in [0.15, 0.2) is 0 Å². The Labute approximate surface area is 107 Å². The van der Waals surface area contributed by atoms with Gasteiger partial charge in [-0.1, -0.05) is 26.7 Å². The molecule has 1 rings (SSSR count). The number of carboxylic acids is 1. The molecule has 17 heavy (non-hydrogen) atoms. The van der Waals surface area contributed by atoms with Crippen LogP contribution in [-0.2, 0) is 0 Å². The van der Waals surface area contributed by atoms with E-state index in [0.29, 0.717) is 4.88 Å². The van der Waals surface area contributed by atoms with E-state index in [2.05, 4.69) is 18.7 Å². The standard InChI is InChI=1S/C13H21NO2S/c1-3-5-9-14(10-6-4-2)12-8-7-11(17-12)13(15)16/h7-8H,3-6,9-10H2,1-2H3,(H,15,16). The van der Waals surface area contributed by atoms with Crippen LogP contribution in [0.2, 0.25) is 0 Å². The number of carboxylic acid groups (broad SMARTS) is 1. The molecule has 1 aromatic rings. The van der Waals surface area contributed by atoms with Gasteiger partial charge >= 0.3 is 5.97 Å². The molecule has 0 aliphatic rings. The molecule has 0 amide bonds. The number of nitrogens with zero attached hydrogens (tertiary/aromatic N) is 1. The van der Waals surface area contributed by atoms with E-state index >= 15 is 0 Å². The van der Waals surface area contributed by atoms with Crippen molar-refractivity contribution in [2.24, 2.45) is 0 Å². The Balaban J connectivity index is 2.68. The van der Waals surface area contributed by atoms with E-state index in [-0.39, 0.29) is 0 Å². The molecule has 0 bridgehead atoms. The van der Waals surface area contributed by atoms with Gasteiger partial charge in [0, 0.05) is 13.1 Å². The molecule has 96 valence electrons. The van der Waals surface area contributed by atoms with E-state index in [4.69, 9.17) is 5.11 Å². The summed E-state index contributed by atoms with van der Waals surface area (Å²) in [5.74, 6) is -0.827. The van der Waals surface area contributed by atoms with Gasteiger partial charge in [0.25, 0.3) is 0 Å². The zero-order valence-corrected chi connectivity index (χ0v) is 11.4. The average molecular weight is 255 g/mol. The number of carbonyl (C=O) groups is 1. The fraction of sp³-hybridized carbons (Fsp3) is 0.615. The number of thiophene rings is 1. The summed E-state index contributed by atoms with van der Waals surface area (Å²) in [5.41, 5.74) is 0. The van der Waals surface area contributed by atoms with Gasteiger partial charge in [0.05, 0.1) is 5.00 Å². The Bertz CT molecular complexity index is 341. The Kier molecular flexibility index (Phi) is 6.05. The molecule has 0 fully saturated rings. The summed E-state index contributed by atoms with van der Waals surface area (Å²) in [6, 6.07) is 3.63. The largest absolute Gasteiger partial charge is 0.477 e. The SMILES string of the molecule is CCCCN(CCCC)c1ccc(C(=O)O)s1. The summed E-state index contributed by atoms with van der Waals surface area (Å²) in [6.45, 7) is 6.40. The molecule has 0 radical (unpaired) electrons. The van der Waals surface area contributed by atoms with E-state index in [9.17, 15) is 4.79 Å². The van der Waals surface area contributed by atoms with Crippen molar-refractivity contribution in [1.82, 2.24) is 0 Å². The molecule has 0 aliphatic heterocycles. The lowest BCUT2D eigenvalue weighted by Gasteiger charge is -2.22. The molecule has 1 aromatic heterocycles. The first-order valence-corrected chi connectivity index (χ1v) is 7.08. The predicted molar refractivity (Wildman–Crippen MR) is 73.3 cm³/mol. The average Bonchev–Trinajstić information content (AvgIpc) is 2.79. The van der Waals surface area contributed by atoms with Gasteiger partial charge in [0.2, 0.25) is 0 Å².